The SMILES string of the molecule is Cc1cc(Nc2ccccc2)nc(Nc2ccccc2Br)n1. The van der Waals surface area contributed by atoms with E-state index in [2.05, 4.69) is 36.5 Å². The number of nitrogens with one attached hydrogen (secondary N) is 2. The second kappa shape index (κ2) is 6.58. The number of anilines is 4. The maximum Gasteiger partial charge on any atom is 0.229 e. The number of aryl methyl sites for hydroxylation is 1. The van der Waals surface area contributed by atoms with Gasteiger partial charge in [-0.2, -0.15) is 4.98 Å². The number of halogens is 1. The maximum atomic E-state index is 4.51. The van der Waals surface area contributed by atoms with Gasteiger partial charge in [-0.15, -0.1) is 0 Å². The van der Waals surface area contributed by atoms with E-state index in [-0.39, 0.29) is 0 Å². The van der Waals surface area contributed by atoms with Crippen molar-refractivity contribution in [2.45, 2.75) is 6.92 Å². The molecule has 3 aromatic rings. The highest BCUT2D eigenvalue weighted by Crippen LogP contribution is 2.25. The first kappa shape index (κ1) is 14.5. The summed E-state index contributed by atoms with van der Waals surface area (Å²) in [6.45, 7) is 1.95. The lowest BCUT2D eigenvalue weighted by atomic mass is 10.3. The van der Waals surface area contributed by atoms with Crippen molar-refractivity contribution in [3.8, 4) is 0 Å². The number of hydrogen-bond donors (Lipinski definition) is 2. The van der Waals surface area contributed by atoms with Gasteiger partial charge in [-0.3, -0.25) is 0 Å². The molecule has 0 amide bonds. The lowest BCUT2D eigenvalue weighted by Gasteiger charge is -2.10. The second-order valence-electron chi connectivity index (χ2n) is 4.81. The Bertz CT molecular complexity index is 775. The number of aromatic nitrogens is 2. The minimum Gasteiger partial charge on any atom is -0.340 e. The third-order valence-electron chi connectivity index (χ3n) is 3.02. The Morgan fingerprint density at radius 1 is 0.864 bits per heavy atom. The van der Waals surface area contributed by atoms with Crippen LogP contribution in [0.15, 0.2) is 65.1 Å². The van der Waals surface area contributed by atoms with Crippen molar-refractivity contribution in [2.75, 3.05) is 10.6 Å². The molecule has 0 bridgehead atoms. The van der Waals surface area contributed by atoms with E-state index in [0.717, 1.165) is 27.4 Å². The van der Waals surface area contributed by atoms with Crippen molar-refractivity contribution < 1.29 is 0 Å². The number of hydrogen-bond acceptors (Lipinski definition) is 4. The Balaban J connectivity index is 1.85. The maximum absolute atomic E-state index is 4.51. The van der Waals surface area contributed by atoms with E-state index in [9.17, 15) is 0 Å². The zero-order valence-corrected chi connectivity index (χ0v) is 13.6. The van der Waals surface area contributed by atoms with Crippen molar-refractivity contribution in [3.63, 3.8) is 0 Å². The molecule has 0 saturated heterocycles. The van der Waals surface area contributed by atoms with E-state index in [1.165, 1.54) is 0 Å². The third kappa shape index (κ3) is 3.62. The van der Waals surface area contributed by atoms with Crippen molar-refractivity contribution >= 4 is 39.1 Å². The smallest absolute Gasteiger partial charge is 0.229 e. The normalized spacial score (nSPS) is 10.3. The zero-order chi connectivity index (χ0) is 15.4. The van der Waals surface area contributed by atoms with E-state index < -0.39 is 0 Å². The van der Waals surface area contributed by atoms with Crippen LogP contribution in [0.4, 0.5) is 23.1 Å². The second-order valence-corrected chi connectivity index (χ2v) is 5.67. The fraction of sp³-hybridized carbons (Fsp3) is 0.0588. The summed E-state index contributed by atoms with van der Waals surface area (Å²) >= 11 is 3.51. The van der Waals surface area contributed by atoms with Crippen molar-refractivity contribution in [1.82, 2.24) is 9.97 Å². The third-order valence-corrected chi connectivity index (χ3v) is 3.71. The Hall–Kier alpha value is -2.40. The summed E-state index contributed by atoms with van der Waals surface area (Å²) in [7, 11) is 0. The van der Waals surface area contributed by atoms with Gasteiger partial charge in [0.25, 0.3) is 0 Å². The van der Waals surface area contributed by atoms with Gasteiger partial charge >= 0.3 is 0 Å². The van der Waals surface area contributed by atoms with Crippen LogP contribution in [0, 0.1) is 6.92 Å². The molecule has 0 atom stereocenters. The summed E-state index contributed by atoms with van der Waals surface area (Å²) in [5, 5.41) is 6.51. The molecule has 4 nitrogen and oxygen atoms in total. The molecule has 22 heavy (non-hydrogen) atoms. The van der Waals surface area contributed by atoms with Gasteiger partial charge in [0.05, 0.1) is 5.69 Å². The van der Waals surface area contributed by atoms with Crippen LogP contribution in [0.5, 0.6) is 0 Å². The molecule has 2 aromatic carbocycles. The molecule has 1 aromatic heterocycles. The van der Waals surface area contributed by atoms with Gasteiger partial charge in [0.2, 0.25) is 5.95 Å². The molecule has 0 fully saturated rings. The Kier molecular flexibility index (Phi) is 4.34. The van der Waals surface area contributed by atoms with Crippen LogP contribution in [-0.4, -0.2) is 9.97 Å². The monoisotopic (exact) mass is 354 g/mol. The summed E-state index contributed by atoms with van der Waals surface area (Å²) in [5.41, 5.74) is 2.81. The van der Waals surface area contributed by atoms with Crippen LogP contribution in [0.2, 0.25) is 0 Å². The zero-order valence-electron chi connectivity index (χ0n) is 12.0. The standard InChI is InChI=1S/C17H15BrN4/c1-12-11-16(20-13-7-3-2-4-8-13)22-17(19-12)21-15-10-6-5-9-14(15)18/h2-11H,1H3,(H2,19,20,21,22). The summed E-state index contributed by atoms with van der Waals surface area (Å²) in [6, 6.07) is 19.7. The molecule has 0 aliphatic rings. The van der Waals surface area contributed by atoms with Crippen LogP contribution < -0.4 is 10.6 Å². The molecule has 0 aliphatic heterocycles. The van der Waals surface area contributed by atoms with Gasteiger partial charge in [-0.25, -0.2) is 4.98 Å². The average Bonchev–Trinajstić information content (AvgIpc) is 2.50. The van der Waals surface area contributed by atoms with Crippen LogP contribution >= 0.6 is 15.9 Å². The van der Waals surface area contributed by atoms with E-state index >= 15 is 0 Å². The Labute approximate surface area is 137 Å². The first-order valence-corrected chi connectivity index (χ1v) is 7.69. The highest BCUT2D eigenvalue weighted by molar-refractivity contribution is 9.10. The topological polar surface area (TPSA) is 49.8 Å². The molecule has 2 N–H and O–H groups in total. The molecule has 5 heteroatoms. The first-order chi connectivity index (χ1) is 10.7. The minimum atomic E-state index is 0.560. The van der Waals surface area contributed by atoms with Crippen molar-refractivity contribution in [1.29, 1.82) is 0 Å². The molecule has 0 spiro atoms. The highest BCUT2D eigenvalue weighted by atomic mass is 79.9. The molecular weight excluding hydrogens is 340 g/mol. The van der Waals surface area contributed by atoms with Crippen molar-refractivity contribution in [3.05, 3.63) is 70.8 Å². The summed E-state index contributed by atoms with van der Waals surface area (Å²) < 4.78 is 0.970. The molecule has 0 aliphatic carbocycles. The molecular formula is C17H15BrN4. The van der Waals surface area contributed by atoms with E-state index in [0.29, 0.717) is 5.95 Å². The average molecular weight is 355 g/mol. The Morgan fingerprint density at radius 2 is 1.59 bits per heavy atom. The van der Waals surface area contributed by atoms with Crippen LogP contribution in [0.3, 0.4) is 0 Å². The molecule has 0 radical (unpaired) electrons. The van der Waals surface area contributed by atoms with E-state index in [1.54, 1.807) is 0 Å². The quantitative estimate of drug-likeness (QED) is 0.689. The minimum absolute atomic E-state index is 0.560. The molecule has 1 heterocycles. The predicted octanol–water partition coefficient (Wildman–Crippen LogP) is 5.03. The van der Waals surface area contributed by atoms with Crippen LogP contribution in [0.1, 0.15) is 5.69 Å². The van der Waals surface area contributed by atoms with Gasteiger partial charge in [0.1, 0.15) is 5.82 Å². The molecule has 3 rings (SSSR count). The molecule has 110 valence electrons. The van der Waals surface area contributed by atoms with Crippen LogP contribution in [-0.2, 0) is 0 Å². The predicted molar refractivity (Wildman–Crippen MR) is 93.9 cm³/mol. The lowest BCUT2D eigenvalue weighted by molar-refractivity contribution is 1.11. The Morgan fingerprint density at radius 3 is 2.36 bits per heavy atom. The van der Waals surface area contributed by atoms with Gasteiger partial charge in [0.15, 0.2) is 0 Å². The summed E-state index contributed by atoms with van der Waals surface area (Å²) in [6.07, 6.45) is 0. The lowest BCUT2D eigenvalue weighted by Crippen LogP contribution is -2.02. The number of rotatable bonds is 4. The summed E-state index contributed by atoms with van der Waals surface area (Å²) in [5.74, 6) is 1.32. The van der Waals surface area contributed by atoms with Crippen LogP contribution in [0.25, 0.3) is 0 Å². The number of benzene rings is 2. The molecule has 0 saturated carbocycles. The fourth-order valence-electron chi connectivity index (χ4n) is 2.04. The number of nitrogens with zero attached hydrogens (tertiary/aromatic N) is 2. The first-order valence-electron chi connectivity index (χ1n) is 6.90. The summed E-state index contributed by atoms with van der Waals surface area (Å²) in [4.78, 5) is 8.94. The highest BCUT2D eigenvalue weighted by Gasteiger charge is 2.05. The van der Waals surface area contributed by atoms with Gasteiger partial charge in [-0.1, -0.05) is 30.3 Å². The van der Waals surface area contributed by atoms with Gasteiger partial charge in [0, 0.05) is 21.9 Å². The van der Waals surface area contributed by atoms with Gasteiger partial charge < -0.3 is 10.6 Å². The number of para-hydroxylation sites is 2. The van der Waals surface area contributed by atoms with E-state index in [1.807, 2.05) is 67.6 Å². The van der Waals surface area contributed by atoms with Crippen molar-refractivity contribution in [2.24, 2.45) is 0 Å². The molecule has 0 unspecified atom stereocenters. The van der Waals surface area contributed by atoms with E-state index in [4.69, 9.17) is 0 Å². The van der Waals surface area contributed by atoms with Gasteiger partial charge in [-0.05, 0) is 47.1 Å². The fourth-order valence-corrected chi connectivity index (χ4v) is 2.42. The largest absolute Gasteiger partial charge is 0.340 e.